The van der Waals surface area contributed by atoms with Crippen LogP contribution in [-0.2, 0) is 9.47 Å². The number of ether oxygens (including phenoxy) is 2. The molecule has 20 heavy (non-hydrogen) atoms. The molecule has 1 atom stereocenters. The van der Waals surface area contributed by atoms with Gasteiger partial charge in [0, 0.05) is 27.3 Å². The molecular weight excluding hydrogens is 279 g/mol. The number of nitrogens with two attached hydrogens (primary N) is 1. The summed E-state index contributed by atoms with van der Waals surface area (Å²) in [7, 11) is 3.28. The van der Waals surface area contributed by atoms with Crippen LogP contribution in [0.2, 0.25) is 0 Å². The van der Waals surface area contributed by atoms with Crippen LogP contribution in [0.25, 0.3) is 0 Å². The molecule has 0 amide bonds. The first-order chi connectivity index (χ1) is 9.60. The molecule has 0 bridgehead atoms. The molecule has 1 unspecified atom stereocenters. The van der Waals surface area contributed by atoms with Crippen molar-refractivity contribution in [3.8, 4) is 0 Å². The quantitative estimate of drug-likeness (QED) is 0.704. The van der Waals surface area contributed by atoms with E-state index in [1.807, 2.05) is 0 Å². The maximum absolute atomic E-state index is 13.0. The molecule has 0 aliphatic heterocycles. The minimum Gasteiger partial charge on any atom is -0.392 e. The summed E-state index contributed by atoms with van der Waals surface area (Å²) in [6.45, 7) is 2.45. The number of halogens is 1. The zero-order valence-corrected chi connectivity index (χ0v) is 12.7. The molecule has 0 saturated carbocycles. The molecule has 0 spiro atoms. The first-order valence-corrected chi connectivity index (χ1v) is 6.77. The molecule has 4 nitrogen and oxygen atoms in total. The van der Waals surface area contributed by atoms with E-state index < -0.39 is 0 Å². The van der Waals surface area contributed by atoms with E-state index >= 15 is 0 Å². The second kappa shape index (κ2) is 8.97. The lowest BCUT2D eigenvalue weighted by atomic mass is 10.1. The van der Waals surface area contributed by atoms with Gasteiger partial charge in [-0.05, 0) is 17.7 Å². The minimum absolute atomic E-state index is 0.254. The van der Waals surface area contributed by atoms with Gasteiger partial charge >= 0.3 is 0 Å². The van der Waals surface area contributed by atoms with E-state index in [2.05, 4.69) is 4.90 Å². The molecule has 1 rings (SSSR count). The summed E-state index contributed by atoms with van der Waals surface area (Å²) in [6.07, 6.45) is 0. The average molecular weight is 300 g/mol. The molecule has 0 aliphatic rings. The summed E-state index contributed by atoms with van der Waals surface area (Å²) in [4.78, 5) is 2.42. The first kappa shape index (κ1) is 17.0. The van der Waals surface area contributed by atoms with Gasteiger partial charge in [-0.2, -0.15) is 0 Å². The standard InChI is InChI=1S/C14H21FN2O2S/c1-18-9-7-17(8-10-19-2)13(14(16)20)11-3-5-12(15)6-4-11/h3-6,13H,7-10H2,1-2H3,(H2,16,20). The predicted octanol–water partition coefficient (Wildman–Crippen LogP) is 1.75. The number of benzene rings is 1. The van der Waals surface area contributed by atoms with Gasteiger partial charge in [-0.1, -0.05) is 24.4 Å². The third-order valence-corrected chi connectivity index (χ3v) is 3.21. The number of hydrogen-bond donors (Lipinski definition) is 1. The molecule has 6 heteroatoms. The van der Waals surface area contributed by atoms with E-state index in [4.69, 9.17) is 27.4 Å². The van der Waals surface area contributed by atoms with Gasteiger partial charge in [0.15, 0.2) is 0 Å². The molecule has 112 valence electrons. The molecule has 2 N–H and O–H groups in total. The van der Waals surface area contributed by atoms with Gasteiger partial charge in [0.2, 0.25) is 0 Å². The fraction of sp³-hybridized carbons (Fsp3) is 0.500. The Morgan fingerprint density at radius 1 is 1.20 bits per heavy atom. The zero-order valence-electron chi connectivity index (χ0n) is 11.8. The van der Waals surface area contributed by atoms with Crippen LogP contribution in [0.5, 0.6) is 0 Å². The van der Waals surface area contributed by atoms with Crippen molar-refractivity contribution in [2.75, 3.05) is 40.5 Å². The van der Waals surface area contributed by atoms with Gasteiger partial charge in [0.05, 0.1) is 24.2 Å². The second-order valence-electron chi connectivity index (χ2n) is 4.38. The van der Waals surface area contributed by atoms with Crippen molar-refractivity contribution in [2.45, 2.75) is 6.04 Å². The van der Waals surface area contributed by atoms with E-state index in [1.165, 1.54) is 12.1 Å². The van der Waals surface area contributed by atoms with E-state index in [1.54, 1.807) is 26.4 Å². The number of rotatable bonds is 9. The fourth-order valence-electron chi connectivity index (χ4n) is 1.99. The van der Waals surface area contributed by atoms with Crippen molar-refractivity contribution >= 4 is 17.2 Å². The molecule has 0 aromatic heterocycles. The van der Waals surface area contributed by atoms with Crippen LogP contribution in [0.15, 0.2) is 24.3 Å². The number of nitrogens with zero attached hydrogens (tertiary/aromatic N) is 1. The Morgan fingerprint density at radius 3 is 2.10 bits per heavy atom. The summed E-state index contributed by atoms with van der Waals surface area (Å²) in [5, 5.41) is 0. The summed E-state index contributed by atoms with van der Waals surface area (Å²) >= 11 is 5.17. The second-order valence-corrected chi connectivity index (χ2v) is 4.85. The molecule has 0 heterocycles. The van der Waals surface area contributed by atoms with Crippen LogP contribution in [0.1, 0.15) is 11.6 Å². The van der Waals surface area contributed by atoms with Crippen molar-refractivity contribution < 1.29 is 13.9 Å². The van der Waals surface area contributed by atoms with E-state index in [-0.39, 0.29) is 11.9 Å². The minimum atomic E-state index is -0.282. The number of methoxy groups -OCH3 is 2. The number of hydrogen-bond acceptors (Lipinski definition) is 4. The largest absolute Gasteiger partial charge is 0.392 e. The maximum Gasteiger partial charge on any atom is 0.123 e. The van der Waals surface area contributed by atoms with Crippen LogP contribution < -0.4 is 5.73 Å². The summed E-state index contributed by atoms with van der Waals surface area (Å²) < 4.78 is 23.3. The highest BCUT2D eigenvalue weighted by atomic mass is 32.1. The molecule has 0 radical (unpaired) electrons. The first-order valence-electron chi connectivity index (χ1n) is 6.37. The molecule has 1 aromatic carbocycles. The van der Waals surface area contributed by atoms with Gasteiger partial charge in [-0.25, -0.2) is 4.39 Å². The van der Waals surface area contributed by atoms with Crippen LogP contribution in [-0.4, -0.2) is 50.4 Å². The smallest absolute Gasteiger partial charge is 0.123 e. The van der Waals surface area contributed by atoms with Gasteiger partial charge in [0.1, 0.15) is 5.82 Å². The van der Waals surface area contributed by atoms with Gasteiger partial charge in [-0.3, -0.25) is 4.90 Å². The Labute approximate surface area is 124 Å². The van der Waals surface area contributed by atoms with Crippen molar-refractivity contribution in [2.24, 2.45) is 5.73 Å². The Balaban J connectivity index is 2.93. The summed E-state index contributed by atoms with van der Waals surface area (Å²) in [5.41, 5.74) is 6.73. The molecule has 0 saturated heterocycles. The Kier molecular flexibility index (Phi) is 7.61. The third kappa shape index (κ3) is 5.13. The highest BCUT2D eigenvalue weighted by molar-refractivity contribution is 7.80. The van der Waals surface area contributed by atoms with Crippen LogP contribution in [0, 0.1) is 5.82 Å². The molecular formula is C14H21FN2O2S. The Bertz CT molecular complexity index is 406. The summed E-state index contributed by atoms with van der Waals surface area (Å²) in [5.74, 6) is -0.282. The fourth-order valence-corrected chi connectivity index (χ4v) is 2.27. The van der Waals surface area contributed by atoms with Gasteiger partial charge in [-0.15, -0.1) is 0 Å². The zero-order chi connectivity index (χ0) is 15.0. The highest BCUT2D eigenvalue weighted by Crippen LogP contribution is 2.21. The number of thiocarbonyl (C=S) groups is 1. The van der Waals surface area contributed by atoms with E-state index in [9.17, 15) is 4.39 Å². The van der Waals surface area contributed by atoms with Crippen molar-refractivity contribution in [3.63, 3.8) is 0 Å². The predicted molar refractivity (Wildman–Crippen MR) is 81.3 cm³/mol. The highest BCUT2D eigenvalue weighted by Gasteiger charge is 2.22. The SMILES string of the molecule is COCCN(CCOC)C(C(N)=S)c1ccc(F)cc1. The monoisotopic (exact) mass is 300 g/mol. The van der Waals surface area contributed by atoms with Crippen LogP contribution in [0.3, 0.4) is 0 Å². The van der Waals surface area contributed by atoms with Gasteiger partial charge < -0.3 is 15.2 Å². The van der Waals surface area contributed by atoms with Gasteiger partial charge in [0.25, 0.3) is 0 Å². The van der Waals surface area contributed by atoms with Crippen molar-refractivity contribution in [1.82, 2.24) is 4.90 Å². The molecule has 0 fully saturated rings. The molecule has 0 aliphatic carbocycles. The normalized spacial score (nSPS) is 12.6. The lowest BCUT2D eigenvalue weighted by Gasteiger charge is -2.31. The van der Waals surface area contributed by atoms with Crippen LogP contribution in [0.4, 0.5) is 4.39 Å². The lowest BCUT2D eigenvalue weighted by molar-refractivity contribution is 0.104. The molecule has 1 aromatic rings. The third-order valence-electron chi connectivity index (χ3n) is 2.99. The summed E-state index contributed by atoms with van der Waals surface area (Å²) in [6, 6.07) is 5.96. The van der Waals surface area contributed by atoms with E-state index in [0.29, 0.717) is 31.3 Å². The topological polar surface area (TPSA) is 47.7 Å². The Morgan fingerprint density at radius 2 is 1.70 bits per heavy atom. The lowest BCUT2D eigenvalue weighted by Crippen LogP contribution is -2.40. The average Bonchev–Trinajstić information content (AvgIpc) is 2.43. The Hall–Kier alpha value is -1.08. The van der Waals surface area contributed by atoms with Crippen molar-refractivity contribution in [1.29, 1.82) is 0 Å². The maximum atomic E-state index is 13.0. The van der Waals surface area contributed by atoms with Crippen molar-refractivity contribution in [3.05, 3.63) is 35.6 Å². The van der Waals surface area contributed by atoms with E-state index in [0.717, 1.165) is 5.56 Å². The van der Waals surface area contributed by atoms with Crippen LogP contribution >= 0.6 is 12.2 Å².